The van der Waals surface area contributed by atoms with Crippen molar-refractivity contribution >= 4 is 0 Å². The highest BCUT2D eigenvalue weighted by Crippen LogP contribution is 2.33. The molecule has 162 valence electrons. The summed E-state index contributed by atoms with van der Waals surface area (Å²) in [6.07, 6.45) is 5.32. The number of aryl methyl sites for hydroxylation is 1. The Kier molecular flexibility index (Phi) is 6.32. The van der Waals surface area contributed by atoms with E-state index in [4.69, 9.17) is 9.47 Å². The lowest BCUT2D eigenvalue weighted by Crippen LogP contribution is -2.22. The molecule has 1 N–H and O–H groups in total. The number of benzene rings is 2. The maximum atomic E-state index is 13.0. The first kappa shape index (κ1) is 21.1. The van der Waals surface area contributed by atoms with Crippen LogP contribution in [0.1, 0.15) is 24.0 Å². The summed E-state index contributed by atoms with van der Waals surface area (Å²) in [5.74, 6) is 0.760. The van der Waals surface area contributed by atoms with Crippen molar-refractivity contribution in [3.8, 4) is 17.3 Å². The molecule has 0 spiro atoms. The first-order chi connectivity index (χ1) is 15.0. The summed E-state index contributed by atoms with van der Waals surface area (Å²) >= 11 is 0. The molecule has 0 aliphatic heterocycles. The number of aliphatic hydroxyl groups excluding tert-OH is 1. The Morgan fingerprint density at radius 3 is 2.68 bits per heavy atom. The third-order valence-electron chi connectivity index (χ3n) is 5.36. The highest BCUT2D eigenvalue weighted by molar-refractivity contribution is 5.44. The zero-order chi connectivity index (χ0) is 21.8. The average molecular weight is 424 g/mol. The lowest BCUT2D eigenvalue weighted by Gasteiger charge is -2.15. The molecule has 0 radical (unpaired) electrons. The van der Waals surface area contributed by atoms with Gasteiger partial charge in [-0.3, -0.25) is 9.36 Å². The third-order valence-corrected chi connectivity index (χ3v) is 5.36. The Labute approximate surface area is 179 Å². The van der Waals surface area contributed by atoms with E-state index in [-0.39, 0.29) is 30.5 Å². The van der Waals surface area contributed by atoms with Crippen molar-refractivity contribution < 1.29 is 19.0 Å². The van der Waals surface area contributed by atoms with Gasteiger partial charge in [0.25, 0.3) is 5.88 Å². The quantitative estimate of drug-likeness (QED) is 0.570. The van der Waals surface area contributed by atoms with Crippen LogP contribution in [0.5, 0.6) is 11.6 Å². The van der Waals surface area contributed by atoms with E-state index >= 15 is 0 Å². The molecule has 6 nitrogen and oxygen atoms in total. The molecule has 1 aliphatic carbocycles. The van der Waals surface area contributed by atoms with E-state index in [1.807, 2.05) is 13.0 Å². The smallest absolute Gasteiger partial charge is 0.317 e. The van der Waals surface area contributed by atoms with Crippen LogP contribution < -0.4 is 15.0 Å². The van der Waals surface area contributed by atoms with Crippen LogP contribution in [-0.4, -0.2) is 34.0 Å². The number of nitrogens with zero attached hydrogens (tertiary/aromatic N) is 2. The molecule has 31 heavy (non-hydrogen) atoms. The van der Waals surface area contributed by atoms with Gasteiger partial charge in [-0.25, -0.2) is 9.37 Å². The van der Waals surface area contributed by atoms with Crippen LogP contribution in [0.3, 0.4) is 0 Å². The van der Waals surface area contributed by atoms with Gasteiger partial charge in [-0.2, -0.15) is 0 Å². The SMILES string of the molecule is Cc1cc(-n2ccnc(OCCc3ccc(F)cc3)c2=O)ccc1OCC(O)C1CC1. The normalized spacial score (nSPS) is 14.3. The fourth-order valence-electron chi connectivity index (χ4n) is 3.35. The van der Waals surface area contributed by atoms with Crippen LogP contribution in [0.2, 0.25) is 0 Å². The number of rotatable bonds is 9. The summed E-state index contributed by atoms with van der Waals surface area (Å²) in [6, 6.07) is 11.6. The Balaban J connectivity index is 1.42. The number of halogens is 1. The number of ether oxygens (including phenoxy) is 2. The Morgan fingerprint density at radius 2 is 1.97 bits per heavy atom. The van der Waals surface area contributed by atoms with Crippen molar-refractivity contribution in [1.82, 2.24) is 9.55 Å². The van der Waals surface area contributed by atoms with Crippen molar-refractivity contribution in [3.05, 3.63) is 82.2 Å². The molecule has 1 heterocycles. The summed E-state index contributed by atoms with van der Waals surface area (Å²) in [7, 11) is 0. The fraction of sp³-hybridized carbons (Fsp3) is 0.333. The molecule has 0 amide bonds. The van der Waals surface area contributed by atoms with Crippen molar-refractivity contribution in [2.75, 3.05) is 13.2 Å². The predicted octanol–water partition coefficient (Wildman–Crippen LogP) is 3.45. The zero-order valence-corrected chi connectivity index (χ0v) is 17.3. The topological polar surface area (TPSA) is 73.6 Å². The molecule has 1 saturated carbocycles. The Bertz CT molecular complexity index is 1090. The van der Waals surface area contributed by atoms with Crippen molar-refractivity contribution in [1.29, 1.82) is 0 Å². The summed E-state index contributed by atoms with van der Waals surface area (Å²) in [4.78, 5) is 16.9. The molecule has 1 unspecified atom stereocenters. The summed E-state index contributed by atoms with van der Waals surface area (Å²) in [5, 5.41) is 9.99. The van der Waals surface area contributed by atoms with E-state index < -0.39 is 6.10 Å². The van der Waals surface area contributed by atoms with Gasteiger partial charge in [0.1, 0.15) is 18.2 Å². The highest BCUT2D eigenvalue weighted by atomic mass is 19.1. The molecule has 2 aromatic carbocycles. The molecule has 4 rings (SSSR count). The van der Waals surface area contributed by atoms with Crippen LogP contribution in [-0.2, 0) is 6.42 Å². The number of aromatic nitrogens is 2. The van der Waals surface area contributed by atoms with E-state index in [9.17, 15) is 14.3 Å². The molecule has 1 fully saturated rings. The standard InChI is InChI=1S/C24H25FN2O4/c1-16-14-20(8-9-22(16)31-15-21(28)18-4-5-18)27-12-11-26-23(24(27)29)30-13-10-17-2-6-19(25)7-3-17/h2-3,6-9,11-12,14,18,21,28H,4-5,10,13,15H2,1H3. The van der Waals surface area contributed by atoms with Gasteiger partial charge in [0, 0.05) is 24.5 Å². The van der Waals surface area contributed by atoms with Gasteiger partial charge in [0.2, 0.25) is 0 Å². The second kappa shape index (κ2) is 9.31. The molecule has 3 aromatic rings. The van der Waals surface area contributed by atoms with Crippen molar-refractivity contribution in [2.45, 2.75) is 32.3 Å². The van der Waals surface area contributed by atoms with Gasteiger partial charge in [-0.1, -0.05) is 12.1 Å². The minimum absolute atomic E-state index is 0.00940. The number of aliphatic hydroxyl groups is 1. The summed E-state index contributed by atoms with van der Waals surface area (Å²) in [6.45, 7) is 2.42. The van der Waals surface area contributed by atoms with Crippen molar-refractivity contribution in [3.63, 3.8) is 0 Å². The number of hydrogen-bond donors (Lipinski definition) is 1. The van der Waals surface area contributed by atoms with Crippen LogP contribution in [0.15, 0.2) is 59.7 Å². The van der Waals surface area contributed by atoms with E-state index in [0.717, 1.165) is 24.0 Å². The first-order valence-electron chi connectivity index (χ1n) is 10.4. The average Bonchev–Trinajstić information content (AvgIpc) is 3.61. The molecular formula is C24H25FN2O4. The van der Waals surface area contributed by atoms with Gasteiger partial charge in [-0.05, 0) is 67.1 Å². The molecule has 1 aliphatic rings. The summed E-state index contributed by atoms with van der Waals surface area (Å²) in [5.41, 5.74) is 2.08. The molecule has 7 heteroatoms. The second-order valence-corrected chi connectivity index (χ2v) is 7.80. The Morgan fingerprint density at radius 1 is 1.19 bits per heavy atom. The van der Waals surface area contributed by atoms with Gasteiger partial charge in [-0.15, -0.1) is 0 Å². The maximum absolute atomic E-state index is 13.0. The van der Waals surface area contributed by atoms with E-state index in [1.165, 1.54) is 22.9 Å². The van der Waals surface area contributed by atoms with Gasteiger partial charge < -0.3 is 14.6 Å². The minimum Gasteiger partial charge on any atom is -0.491 e. The lowest BCUT2D eigenvalue weighted by atomic mass is 10.2. The van der Waals surface area contributed by atoms with Gasteiger partial charge in [0.05, 0.1) is 12.7 Å². The van der Waals surface area contributed by atoms with E-state index in [1.54, 1.807) is 30.5 Å². The molecule has 1 atom stereocenters. The monoisotopic (exact) mass is 424 g/mol. The fourth-order valence-corrected chi connectivity index (χ4v) is 3.35. The highest BCUT2D eigenvalue weighted by Gasteiger charge is 2.30. The second-order valence-electron chi connectivity index (χ2n) is 7.80. The minimum atomic E-state index is -0.434. The van der Waals surface area contributed by atoms with Gasteiger partial charge in [0.15, 0.2) is 0 Å². The van der Waals surface area contributed by atoms with E-state index in [2.05, 4.69) is 4.98 Å². The van der Waals surface area contributed by atoms with Crippen LogP contribution in [0.25, 0.3) is 5.69 Å². The predicted molar refractivity (Wildman–Crippen MR) is 114 cm³/mol. The summed E-state index contributed by atoms with van der Waals surface area (Å²) < 4.78 is 25.8. The van der Waals surface area contributed by atoms with Crippen molar-refractivity contribution in [2.24, 2.45) is 5.92 Å². The van der Waals surface area contributed by atoms with Crippen LogP contribution >= 0.6 is 0 Å². The maximum Gasteiger partial charge on any atom is 0.317 e. The largest absolute Gasteiger partial charge is 0.491 e. The number of hydrogen-bond acceptors (Lipinski definition) is 5. The lowest BCUT2D eigenvalue weighted by molar-refractivity contribution is 0.0891. The first-order valence-corrected chi connectivity index (χ1v) is 10.4. The molecule has 0 bridgehead atoms. The molecular weight excluding hydrogens is 399 g/mol. The third kappa shape index (κ3) is 5.30. The zero-order valence-electron chi connectivity index (χ0n) is 17.3. The van der Waals surface area contributed by atoms with E-state index in [0.29, 0.717) is 23.8 Å². The molecule has 1 aromatic heterocycles. The van der Waals surface area contributed by atoms with Gasteiger partial charge >= 0.3 is 5.56 Å². The molecule has 0 saturated heterocycles. The van der Waals surface area contributed by atoms with Crippen LogP contribution in [0, 0.1) is 18.7 Å². The Hall–Kier alpha value is -3.19. The van der Waals surface area contributed by atoms with Crippen LogP contribution in [0.4, 0.5) is 4.39 Å².